The van der Waals surface area contributed by atoms with E-state index in [1.165, 1.54) is 5.56 Å². The van der Waals surface area contributed by atoms with E-state index in [1.54, 1.807) is 0 Å². The van der Waals surface area contributed by atoms with Crippen molar-refractivity contribution in [2.75, 3.05) is 6.61 Å². The average molecular weight is 236 g/mol. The Morgan fingerprint density at radius 2 is 1.71 bits per heavy atom. The van der Waals surface area contributed by atoms with Crippen LogP contribution in [-0.2, 0) is 0 Å². The van der Waals surface area contributed by atoms with Crippen LogP contribution in [-0.4, -0.2) is 6.61 Å². The third-order valence-corrected chi connectivity index (χ3v) is 3.25. The molecule has 3 nitrogen and oxygen atoms in total. The topological polar surface area (TPSA) is 47.3 Å². The Morgan fingerprint density at radius 1 is 1.12 bits per heavy atom. The molecule has 0 fully saturated rings. The monoisotopic (exact) mass is 236 g/mol. The van der Waals surface area contributed by atoms with Gasteiger partial charge in [-0.05, 0) is 30.5 Å². The zero-order valence-corrected chi connectivity index (χ0v) is 11.1. The fraction of sp³-hybridized carbons (Fsp3) is 0.571. The lowest BCUT2D eigenvalue weighted by molar-refractivity contribution is 0.336. The van der Waals surface area contributed by atoms with Crippen LogP contribution >= 0.6 is 0 Å². The zero-order valence-electron chi connectivity index (χ0n) is 11.1. The molecule has 1 aromatic rings. The van der Waals surface area contributed by atoms with E-state index >= 15 is 0 Å². The van der Waals surface area contributed by atoms with Crippen molar-refractivity contribution < 1.29 is 4.74 Å². The summed E-state index contributed by atoms with van der Waals surface area (Å²) in [6.45, 7) is 7.09. The number of benzene rings is 1. The number of nitrogens with two attached hydrogens (primary N) is 1. The summed E-state index contributed by atoms with van der Waals surface area (Å²) in [6, 6.07) is 8.42. The van der Waals surface area contributed by atoms with Crippen molar-refractivity contribution in [3.05, 3.63) is 29.8 Å². The normalized spacial score (nSPS) is 12.8. The van der Waals surface area contributed by atoms with Crippen LogP contribution in [0.2, 0.25) is 0 Å². The highest BCUT2D eigenvalue weighted by Gasteiger charge is 2.18. The van der Waals surface area contributed by atoms with Crippen molar-refractivity contribution in [1.29, 1.82) is 0 Å². The molecule has 0 aromatic heterocycles. The molecule has 0 aliphatic heterocycles. The van der Waals surface area contributed by atoms with E-state index in [4.69, 9.17) is 10.6 Å². The first-order chi connectivity index (χ1) is 8.26. The van der Waals surface area contributed by atoms with Gasteiger partial charge in [0.1, 0.15) is 5.75 Å². The highest BCUT2D eigenvalue weighted by Crippen LogP contribution is 2.27. The molecule has 0 aliphatic carbocycles. The molecule has 0 saturated carbocycles. The number of hydrogen-bond acceptors (Lipinski definition) is 3. The summed E-state index contributed by atoms with van der Waals surface area (Å²) in [6.07, 6.45) is 2.25. The maximum Gasteiger partial charge on any atom is 0.119 e. The van der Waals surface area contributed by atoms with Gasteiger partial charge in [0.25, 0.3) is 0 Å². The molecule has 3 N–H and O–H groups in total. The summed E-state index contributed by atoms with van der Waals surface area (Å²) in [4.78, 5) is 0. The predicted octanol–water partition coefficient (Wildman–Crippen LogP) is 3.03. The molecule has 1 aromatic carbocycles. The van der Waals surface area contributed by atoms with Gasteiger partial charge in [0.2, 0.25) is 0 Å². The molecule has 0 bridgehead atoms. The molecule has 0 spiro atoms. The van der Waals surface area contributed by atoms with E-state index in [9.17, 15) is 0 Å². The largest absolute Gasteiger partial charge is 0.494 e. The van der Waals surface area contributed by atoms with Crippen LogP contribution in [0.25, 0.3) is 0 Å². The van der Waals surface area contributed by atoms with Gasteiger partial charge in [0, 0.05) is 6.04 Å². The number of ether oxygens (including phenoxy) is 1. The highest BCUT2D eigenvalue weighted by molar-refractivity contribution is 5.29. The Balaban J connectivity index is 2.81. The molecule has 1 unspecified atom stereocenters. The van der Waals surface area contributed by atoms with Gasteiger partial charge in [-0.25, -0.2) is 0 Å². The summed E-state index contributed by atoms with van der Waals surface area (Å²) >= 11 is 0. The molecule has 0 saturated heterocycles. The predicted molar refractivity (Wildman–Crippen MR) is 71.7 cm³/mol. The Kier molecular flexibility index (Phi) is 6.01. The Morgan fingerprint density at radius 3 is 2.12 bits per heavy atom. The first kappa shape index (κ1) is 14.0. The van der Waals surface area contributed by atoms with Gasteiger partial charge < -0.3 is 4.74 Å². The summed E-state index contributed by atoms with van der Waals surface area (Å²) in [5, 5.41) is 0. The minimum atomic E-state index is 0.223. The van der Waals surface area contributed by atoms with E-state index in [1.807, 2.05) is 19.1 Å². The fourth-order valence-electron chi connectivity index (χ4n) is 2.20. The van der Waals surface area contributed by atoms with E-state index in [0.717, 1.165) is 18.6 Å². The van der Waals surface area contributed by atoms with Crippen LogP contribution in [0, 0.1) is 5.92 Å². The van der Waals surface area contributed by atoms with Crippen LogP contribution in [0.15, 0.2) is 24.3 Å². The maximum absolute atomic E-state index is 5.67. The summed E-state index contributed by atoms with van der Waals surface area (Å²) in [5.41, 5.74) is 4.16. The van der Waals surface area contributed by atoms with Crippen molar-refractivity contribution in [3.8, 4) is 5.75 Å². The molecule has 17 heavy (non-hydrogen) atoms. The van der Waals surface area contributed by atoms with Crippen molar-refractivity contribution in [2.45, 2.75) is 39.7 Å². The molecule has 3 heteroatoms. The van der Waals surface area contributed by atoms with Gasteiger partial charge in [-0.3, -0.25) is 11.3 Å². The second-order valence-corrected chi connectivity index (χ2v) is 4.22. The third-order valence-electron chi connectivity index (χ3n) is 3.25. The number of rotatable bonds is 7. The molecule has 0 radical (unpaired) electrons. The van der Waals surface area contributed by atoms with Crippen LogP contribution in [0.3, 0.4) is 0 Å². The van der Waals surface area contributed by atoms with Crippen molar-refractivity contribution in [1.82, 2.24) is 5.43 Å². The highest BCUT2D eigenvalue weighted by atomic mass is 16.5. The molecular formula is C14H24N2O. The minimum absolute atomic E-state index is 0.223. The lowest BCUT2D eigenvalue weighted by Crippen LogP contribution is -2.33. The van der Waals surface area contributed by atoms with Gasteiger partial charge in [-0.2, -0.15) is 0 Å². The van der Waals surface area contributed by atoms with Crippen LogP contribution < -0.4 is 16.0 Å². The molecule has 0 heterocycles. The smallest absolute Gasteiger partial charge is 0.119 e. The quantitative estimate of drug-likeness (QED) is 0.565. The molecule has 1 rings (SSSR count). The second-order valence-electron chi connectivity index (χ2n) is 4.22. The molecule has 0 amide bonds. The SMILES string of the molecule is CCOc1ccc(C(NN)C(CC)CC)cc1. The van der Waals surface area contributed by atoms with E-state index in [-0.39, 0.29) is 6.04 Å². The standard InChI is InChI=1S/C14H24N2O/c1-4-11(5-2)14(16-15)12-7-9-13(10-8-12)17-6-3/h7-11,14,16H,4-6,15H2,1-3H3. The van der Waals surface area contributed by atoms with E-state index in [0.29, 0.717) is 12.5 Å². The van der Waals surface area contributed by atoms with Crippen LogP contribution in [0.1, 0.15) is 45.2 Å². The summed E-state index contributed by atoms with van der Waals surface area (Å²) < 4.78 is 5.44. The van der Waals surface area contributed by atoms with Gasteiger partial charge in [0.15, 0.2) is 0 Å². The summed E-state index contributed by atoms with van der Waals surface area (Å²) in [5.74, 6) is 7.15. The van der Waals surface area contributed by atoms with Crippen molar-refractivity contribution in [2.24, 2.45) is 11.8 Å². The average Bonchev–Trinajstić information content (AvgIpc) is 2.37. The molecule has 96 valence electrons. The van der Waals surface area contributed by atoms with E-state index in [2.05, 4.69) is 31.4 Å². The third kappa shape index (κ3) is 3.72. The van der Waals surface area contributed by atoms with Gasteiger partial charge in [0.05, 0.1) is 6.61 Å². The van der Waals surface area contributed by atoms with Gasteiger partial charge in [-0.15, -0.1) is 0 Å². The molecule has 1 atom stereocenters. The van der Waals surface area contributed by atoms with Crippen molar-refractivity contribution in [3.63, 3.8) is 0 Å². The van der Waals surface area contributed by atoms with Gasteiger partial charge >= 0.3 is 0 Å². The first-order valence-electron chi connectivity index (χ1n) is 6.45. The van der Waals surface area contributed by atoms with Crippen LogP contribution in [0.4, 0.5) is 0 Å². The van der Waals surface area contributed by atoms with E-state index < -0.39 is 0 Å². The number of hydrogen-bond donors (Lipinski definition) is 2. The Hall–Kier alpha value is -1.06. The van der Waals surface area contributed by atoms with Crippen LogP contribution in [0.5, 0.6) is 5.75 Å². The summed E-state index contributed by atoms with van der Waals surface area (Å²) in [7, 11) is 0. The minimum Gasteiger partial charge on any atom is -0.494 e. The van der Waals surface area contributed by atoms with Gasteiger partial charge in [-0.1, -0.05) is 38.8 Å². The Bertz CT molecular complexity index is 307. The van der Waals surface area contributed by atoms with Crippen molar-refractivity contribution >= 4 is 0 Å². The fourth-order valence-corrected chi connectivity index (χ4v) is 2.20. The lowest BCUT2D eigenvalue weighted by atomic mass is 9.89. The molecule has 0 aliphatic rings. The zero-order chi connectivity index (χ0) is 12.7. The lowest BCUT2D eigenvalue weighted by Gasteiger charge is -2.25. The first-order valence-corrected chi connectivity index (χ1v) is 6.45. The second kappa shape index (κ2) is 7.30. The Labute approximate surface area is 104 Å². The number of nitrogens with one attached hydrogen (secondary N) is 1. The molecular weight excluding hydrogens is 212 g/mol. The number of hydrazine groups is 1. The maximum atomic E-state index is 5.67.